The van der Waals surface area contributed by atoms with Gasteiger partial charge in [0.1, 0.15) is 0 Å². The van der Waals surface area contributed by atoms with Crippen LogP contribution in [-0.4, -0.2) is 40.6 Å². The molecule has 3 unspecified atom stereocenters. The molecule has 0 aromatic carbocycles. The fourth-order valence-electron chi connectivity index (χ4n) is 4.03. The van der Waals surface area contributed by atoms with Gasteiger partial charge in [-0.2, -0.15) is 0 Å². The summed E-state index contributed by atoms with van der Waals surface area (Å²) in [5, 5.41) is 12.3. The summed E-state index contributed by atoms with van der Waals surface area (Å²) in [5.74, 6) is -0.528. The van der Waals surface area contributed by atoms with Crippen molar-refractivity contribution in [3.05, 3.63) is 0 Å². The number of fused-ring (bicyclic) bond motifs is 2. The number of aliphatic carboxylic acids is 1. The summed E-state index contributed by atoms with van der Waals surface area (Å²) in [6.45, 7) is 5.15. The lowest BCUT2D eigenvalue weighted by Gasteiger charge is -2.26. The van der Waals surface area contributed by atoms with Crippen molar-refractivity contribution in [1.29, 1.82) is 0 Å². The van der Waals surface area contributed by atoms with Gasteiger partial charge in [0.25, 0.3) is 0 Å². The second-order valence-electron chi connectivity index (χ2n) is 7.06. The molecule has 1 aliphatic carbocycles. The maximum atomic E-state index is 12.4. The molecule has 2 amide bonds. The van der Waals surface area contributed by atoms with E-state index in [1.54, 1.807) is 0 Å². The molecular formula is C15H24N2O3. The fraction of sp³-hybridized carbons (Fsp3) is 0.867. The smallest absolute Gasteiger partial charge is 0.317 e. The van der Waals surface area contributed by atoms with Crippen LogP contribution in [0.4, 0.5) is 4.79 Å². The number of carboxylic acid groups (broad SMARTS) is 1. The molecular weight excluding hydrogens is 256 g/mol. The van der Waals surface area contributed by atoms with Gasteiger partial charge in [0.05, 0.1) is 5.92 Å². The largest absolute Gasteiger partial charge is 0.481 e. The quantitative estimate of drug-likeness (QED) is 0.828. The lowest BCUT2D eigenvalue weighted by molar-refractivity contribution is -0.142. The standard InChI is InChI=1S/C15H24N2O3/c1-9(2)15(5-6-15)8-16-14(20)17-10-3-4-12(17)11(7-10)13(18)19/h9-12H,3-8H2,1-2H3,(H,16,20)(H,18,19). The first-order chi connectivity index (χ1) is 9.44. The number of carbonyl (C=O) groups excluding carboxylic acids is 1. The van der Waals surface area contributed by atoms with Crippen LogP contribution in [0.15, 0.2) is 0 Å². The van der Waals surface area contributed by atoms with Crippen LogP contribution in [0.3, 0.4) is 0 Å². The summed E-state index contributed by atoms with van der Waals surface area (Å²) < 4.78 is 0. The molecule has 2 bridgehead atoms. The van der Waals surface area contributed by atoms with Crippen LogP contribution in [-0.2, 0) is 4.79 Å². The molecule has 20 heavy (non-hydrogen) atoms. The van der Waals surface area contributed by atoms with Crippen LogP contribution in [0.2, 0.25) is 0 Å². The molecule has 0 aromatic heterocycles. The Bertz CT molecular complexity index is 431. The average Bonchev–Trinajstić information content (AvgIpc) is 2.98. The molecule has 3 atom stereocenters. The predicted molar refractivity (Wildman–Crippen MR) is 74.3 cm³/mol. The topological polar surface area (TPSA) is 69.6 Å². The van der Waals surface area contributed by atoms with Crippen molar-refractivity contribution in [2.75, 3.05) is 6.54 Å². The minimum atomic E-state index is -0.754. The SMILES string of the molecule is CC(C)C1(CNC(=O)N2C3CCC2C(C(=O)O)C3)CC1. The second kappa shape index (κ2) is 4.64. The molecule has 2 N–H and O–H groups in total. The number of hydrogen-bond donors (Lipinski definition) is 2. The Balaban J connectivity index is 1.60. The van der Waals surface area contributed by atoms with Gasteiger partial charge in [0, 0.05) is 18.6 Å². The summed E-state index contributed by atoms with van der Waals surface area (Å²) in [5.41, 5.74) is 0.292. The number of urea groups is 1. The van der Waals surface area contributed by atoms with Gasteiger partial charge in [0.2, 0.25) is 0 Å². The van der Waals surface area contributed by atoms with Crippen molar-refractivity contribution in [2.45, 2.75) is 58.0 Å². The van der Waals surface area contributed by atoms with Gasteiger partial charge in [-0.05, 0) is 43.4 Å². The molecule has 112 valence electrons. The van der Waals surface area contributed by atoms with Gasteiger partial charge < -0.3 is 15.3 Å². The Labute approximate surface area is 119 Å². The summed E-state index contributed by atoms with van der Waals surface area (Å²) in [4.78, 5) is 25.4. The Morgan fingerprint density at radius 1 is 1.35 bits per heavy atom. The van der Waals surface area contributed by atoms with Crippen LogP contribution in [0.5, 0.6) is 0 Å². The molecule has 2 aliphatic heterocycles. The number of nitrogens with one attached hydrogen (secondary N) is 1. The fourth-order valence-corrected chi connectivity index (χ4v) is 4.03. The minimum absolute atomic E-state index is 0.0480. The van der Waals surface area contributed by atoms with E-state index in [-0.39, 0.29) is 24.0 Å². The first kappa shape index (κ1) is 13.7. The minimum Gasteiger partial charge on any atom is -0.481 e. The molecule has 2 saturated heterocycles. The maximum absolute atomic E-state index is 12.4. The molecule has 0 spiro atoms. The van der Waals surface area contributed by atoms with Gasteiger partial charge in [0.15, 0.2) is 0 Å². The summed E-state index contributed by atoms with van der Waals surface area (Å²) in [6.07, 6.45) is 4.80. The van der Waals surface area contributed by atoms with Gasteiger partial charge in [-0.25, -0.2) is 4.79 Å². The van der Waals surface area contributed by atoms with Crippen LogP contribution in [0.25, 0.3) is 0 Å². The first-order valence-electron chi connectivity index (χ1n) is 7.73. The molecule has 3 aliphatic rings. The second-order valence-corrected chi connectivity index (χ2v) is 7.06. The van der Waals surface area contributed by atoms with E-state index in [0.29, 0.717) is 17.8 Å². The third kappa shape index (κ3) is 2.07. The highest BCUT2D eigenvalue weighted by molar-refractivity contribution is 5.79. The highest BCUT2D eigenvalue weighted by Gasteiger charge is 2.52. The predicted octanol–water partition coefficient (Wildman–Crippen LogP) is 2.07. The van der Waals surface area contributed by atoms with E-state index in [2.05, 4.69) is 19.2 Å². The zero-order valence-corrected chi connectivity index (χ0v) is 12.3. The van der Waals surface area contributed by atoms with E-state index in [1.165, 1.54) is 12.8 Å². The number of nitrogens with zero attached hydrogens (tertiary/aromatic N) is 1. The van der Waals surface area contributed by atoms with E-state index in [9.17, 15) is 14.7 Å². The lowest BCUT2D eigenvalue weighted by Crippen LogP contribution is -2.46. The molecule has 2 heterocycles. The van der Waals surface area contributed by atoms with Crippen molar-refractivity contribution in [2.24, 2.45) is 17.3 Å². The monoisotopic (exact) mass is 280 g/mol. The van der Waals surface area contributed by atoms with Crippen molar-refractivity contribution in [3.8, 4) is 0 Å². The zero-order chi connectivity index (χ0) is 14.5. The Morgan fingerprint density at radius 3 is 2.55 bits per heavy atom. The highest BCUT2D eigenvalue weighted by Crippen LogP contribution is 2.51. The van der Waals surface area contributed by atoms with Crippen molar-refractivity contribution < 1.29 is 14.7 Å². The van der Waals surface area contributed by atoms with Gasteiger partial charge in [-0.1, -0.05) is 13.8 Å². The number of amides is 2. The third-order valence-electron chi connectivity index (χ3n) is 5.80. The summed E-state index contributed by atoms with van der Waals surface area (Å²) in [7, 11) is 0. The van der Waals surface area contributed by atoms with Crippen LogP contribution >= 0.6 is 0 Å². The zero-order valence-electron chi connectivity index (χ0n) is 12.3. The molecule has 5 nitrogen and oxygen atoms in total. The molecule has 1 saturated carbocycles. The van der Waals surface area contributed by atoms with E-state index in [1.807, 2.05) is 4.90 Å². The van der Waals surface area contributed by atoms with Gasteiger partial charge in [-0.3, -0.25) is 4.79 Å². The maximum Gasteiger partial charge on any atom is 0.317 e. The van der Waals surface area contributed by atoms with Crippen molar-refractivity contribution >= 4 is 12.0 Å². The van der Waals surface area contributed by atoms with E-state index >= 15 is 0 Å². The summed E-state index contributed by atoms with van der Waals surface area (Å²) in [6, 6.07) is -0.00446. The molecule has 0 radical (unpaired) electrons. The van der Waals surface area contributed by atoms with Crippen molar-refractivity contribution in [1.82, 2.24) is 10.2 Å². The Hall–Kier alpha value is -1.26. The summed E-state index contributed by atoms with van der Waals surface area (Å²) >= 11 is 0. The van der Waals surface area contributed by atoms with E-state index in [4.69, 9.17) is 0 Å². The van der Waals surface area contributed by atoms with Gasteiger partial charge >= 0.3 is 12.0 Å². The Morgan fingerprint density at radius 2 is 2.05 bits per heavy atom. The number of rotatable bonds is 4. The van der Waals surface area contributed by atoms with Crippen LogP contribution in [0, 0.1) is 17.3 Å². The van der Waals surface area contributed by atoms with E-state index < -0.39 is 5.97 Å². The molecule has 5 heteroatoms. The third-order valence-corrected chi connectivity index (χ3v) is 5.80. The van der Waals surface area contributed by atoms with Gasteiger partial charge in [-0.15, -0.1) is 0 Å². The van der Waals surface area contributed by atoms with Crippen molar-refractivity contribution in [3.63, 3.8) is 0 Å². The number of carbonyl (C=O) groups is 2. The molecule has 3 fully saturated rings. The Kier molecular flexibility index (Phi) is 3.18. The molecule has 0 aromatic rings. The lowest BCUT2D eigenvalue weighted by atomic mass is 9.89. The van der Waals surface area contributed by atoms with Crippen LogP contribution < -0.4 is 5.32 Å². The average molecular weight is 280 g/mol. The normalized spacial score (nSPS) is 33.5. The highest BCUT2D eigenvalue weighted by atomic mass is 16.4. The number of carboxylic acids is 1. The molecule has 3 rings (SSSR count). The van der Waals surface area contributed by atoms with E-state index in [0.717, 1.165) is 19.4 Å². The number of hydrogen-bond acceptors (Lipinski definition) is 2. The first-order valence-corrected chi connectivity index (χ1v) is 7.73. The van der Waals surface area contributed by atoms with Crippen LogP contribution in [0.1, 0.15) is 46.0 Å².